The Balaban J connectivity index is 3.54. The first-order chi connectivity index (χ1) is 5.57. The largest absolute Gasteiger partial charge is 0.479 e. The van der Waals surface area contributed by atoms with Crippen LogP contribution in [-0.2, 0) is 14.3 Å². The van der Waals surface area contributed by atoms with Gasteiger partial charge in [-0.05, 0) is 13.3 Å². The quantitative estimate of drug-likeness (QED) is 0.631. The fraction of sp³-hybridized carbons (Fsp3) is 0.714. The average Bonchev–Trinajstić information content (AvgIpc) is 2.00. The van der Waals surface area contributed by atoms with Crippen LogP contribution in [0.2, 0.25) is 0 Å². The summed E-state index contributed by atoms with van der Waals surface area (Å²) >= 11 is 0. The lowest BCUT2D eigenvalue weighted by atomic mass is 10.2. The molecule has 4 nitrogen and oxygen atoms in total. The molecule has 0 aliphatic carbocycles. The highest BCUT2D eigenvalue weighted by molar-refractivity contribution is 5.74. The Kier molecular flexibility index (Phi) is 4.99. The van der Waals surface area contributed by atoms with Crippen LogP contribution in [0.1, 0.15) is 19.8 Å². The van der Waals surface area contributed by atoms with Gasteiger partial charge >= 0.3 is 11.9 Å². The second-order valence-corrected chi connectivity index (χ2v) is 2.15. The number of aliphatic carboxylic acids is 1. The molecule has 0 aromatic carbocycles. The molecule has 1 unspecified atom stereocenters. The maximum Gasteiger partial charge on any atom is 0.338 e. The van der Waals surface area contributed by atoms with Crippen molar-refractivity contribution in [1.82, 2.24) is 0 Å². The van der Waals surface area contributed by atoms with Crippen LogP contribution in [0.4, 0.5) is 4.39 Å². The van der Waals surface area contributed by atoms with E-state index in [2.05, 4.69) is 4.74 Å². The summed E-state index contributed by atoms with van der Waals surface area (Å²) in [6, 6.07) is 0. The highest BCUT2D eigenvalue weighted by Crippen LogP contribution is 2.03. The van der Waals surface area contributed by atoms with Crippen molar-refractivity contribution in [2.45, 2.75) is 25.9 Å². The number of alkyl halides is 1. The smallest absolute Gasteiger partial charge is 0.338 e. The fourth-order valence-electron chi connectivity index (χ4n) is 0.601. The maximum absolute atomic E-state index is 12.3. The minimum atomic E-state index is -1.98. The molecule has 0 aromatic rings. The number of esters is 1. The van der Waals surface area contributed by atoms with Gasteiger partial charge in [-0.15, -0.1) is 0 Å². The third kappa shape index (κ3) is 4.65. The van der Waals surface area contributed by atoms with Crippen molar-refractivity contribution in [2.75, 3.05) is 6.61 Å². The van der Waals surface area contributed by atoms with Gasteiger partial charge in [0.05, 0.1) is 6.61 Å². The van der Waals surface area contributed by atoms with Gasteiger partial charge in [-0.3, -0.25) is 4.79 Å². The van der Waals surface area contributed by atoms with Gasteiger partial charge in [-0.25, -0.2) is 9.18 Å². The number of hydrogen-bond donors (Lipinski definition) is 1. The number of carbonyl (C=O) groups excluding carboxylic acids is 1. The molecule has 0 rings (SSSR count). The van der Waals surface area contributed by atoms with E-state index in [1.807, 2.05) is 0 Å². The SMILES string of the molecule is CCOC(=O)CCC(F)C(=O)O. The zero-order valence-electron chi connectivity index (χ0n) is 6.75. The van der Waals surface area contributed by atoms with Gasteiger partial charge in [-0.1, -0.05) is 0 Å². The first-order valence-electron chi connectivity index (χ1n) is 3.60. The predicted molar refractivity (Wildman–Crippen MR) is 38.4 cm³/mol. The molecule has 0 saturated carbocycles. The zero-order chi connectivity index (χ0) is 9.56. The van der Waals surface area contributed by atoms with Gasteiger partial charge in [0.2, 0.25) is 0 Å². The van der Waals surface area contributed by atoms with Crippen molar-refractivity contribution in [2.24, 2.45) is 0 Å². The van der Waals surface area contributed by atoms with E-state index in [4.69, 9.17) is 5.11 Å². The average molecular weight is 178 g/mol. The molecule has 0 radical (unpaired) electrons. The molecule has 0 amide bonds. The van der Waals surface area contributed by atoms with E-state index in [-0.39, 0.29) is 19.4 Å². The Morgan fingerprint density at radius 1 is 1.58 bits per heavy atom. The monoisotopic (exact) mass is 178 g/mol. The number of carboxylic acid groups (broad SMARTS) is 1. The van der Waals surface area contributed by atoms with Gasteiger partial charge in [0.1, 0.15) is 0 Å². The van der Waals surface area contributed by atoms with Gasteiger partial charge in [0.25, 0.3) is 0 Å². The van der Waals surface area contributed by atoms with Crippen LogP contribution >= 0.6 is 0 Å². The van der Waals surface area contributed by atoms with Crippen LogP contribution in [-0.4, -0.2) is 29.8 Å². The van der Waals surface area contributed by atoms with E-state index in [1.54, 1.807) is 6.92 Å². The molecule has 0 saturated heterocycles. The molecule has 0 aromatic heterocycles. The van der Waals surface area contributed by atoms with Crippen molar-refractivity contribution >= 4 is 11.9 Å². The maximum atomic E-state index is 12.3. The number of halogens is 1. The summed E-state index contributed by atoms with van der Waals surface area (Å²) in [6.07, 6.45) is -2.50. The van der Waals surface area contributed by atoms with Crippen molar-refractivity contribution < 1.29 is 23.8 Å². The van der Waals surface area contributed by atoms with Gasteiger partial charge in [0, 0.05) is 6.42 Å². The molecule has 0 aliphatic heterocycles. The van der Waals surface area contributed by atoms with Crippen LogP contribution < -0.4 is 0 Å². The van der Waals surface area contributed by atoms with Crippen molar-refractivity contribution in [1.29, 1.82) is 0 Å². The summed E-state index contributed by atoms with van der Waals surface area (Å²) in [4.78, 5) is 20.5. The Labute approximate surface area is 69.3 Å². The molecule has 1 N–H and O–H groups in total. The summed E-state index contributed by atoms with van der Waals surface area (Å²) in [5.41, 5.74) is 0. The lowest BCUT2D eigenvalue weighted by Gasteiger charge is -2.02. The molecule has 0 aliphatic rings. The molecule has 0 fully saturated rings. The Hall–Kier alpha value is -1.13. The van der Waals surface area contributed by atoms with Crippen LogP contribution in [0.15, 0.2) is 0 Å². The Bertz CT molecular complexity index is 169. The Morgan fingerprint density at radius 3 is 2.58 bits per heavy atom. The minimum Gasteiger partial charge on any atom is -0.479 e. The zero-order valence-corrected chi connectivity index (χ0v) is 6.75. The number of hydrogen-bond acceptors (Lipinski definition) is 3. The lowest BCUT2D eigenvalue weighted by Crippen LogP contribution is -2.16. The number of carboxylic acids is 1. The summed E-state index contributed by atoms with van der Waals surface area (Å²) in [5, 5.41) is 8.10. The molecular weight excluding hydrogens is 167 g/mol. The number of carbonyl (C=O) groups is 2. The molecule has 0 bridgehead atoms. The molecule has 0 heterocycles. The van der Waals surface area contributed by atoms with E-state index >= 15 is 0 Å². The first kappa shape index (κ1) is 10.9. The van der Waals surface area contributed by atoms with E-state index < -0.39 is 18.1 Å². The standard InChI is InChI=1S/C7H11FO4/c1-2-12-6(9)4-3-5(8)7(10)11/h5H,2-4H2,1H3,(H,10,11). The summed E-state index contributed by atoms with van der Waals surface area (Å²) in [5.74, 6) is -2.11. The highest BCUT2D eigenvalue weighted by atomic mass is 19.1. The van der Waals surface area contributed by atoms with Crippen LogP contribution in [0.3, 0.4) is 0 Å². The molecular formula is C7H11FO4. The Morgan fingerprint density at radius 2 is 2.17 bits per heavy atom. The predicted octanol–water partition coefficient (Wildman–Crippen LogP) is 0.752. The van der Waals surface area contributed by atoms with Crippen molar-refractivity contribution in [3.63, 3.8) is 0 Å². The van der Waals surface area contributed by atoms with E-state index in [0.717, 1.165) is 0 Å². The number of ether oxygens (including phenoxy) is 1. The fourth-order valence-corrected chi connectivity index (χ4v) is 0.601. The number of rotatable bonds is 5. The van der Waals surface area contributed by atoms with Crippen molar-refractivity contribution in [3.8, 4) is 0 Å². The van der Waals surface area contributed by atoms with E-state index in [9.17, 15) is 14.0 Å². The van der Waals surface area contributed by atoms with Crippen LogP contribution in [0, 0.1) is 0 Å². The molecule has 5 heteroatoms. The van der Waals surface area contributed by atoms with Gasteiger partial charge in [0.15, 0.2) is 6.17 Å². The summed E-state index contributed by atoms with van der Waals surface area (Å²) in [7, 11) is 0. The molecule has 0 spiro atoms. The van der Waals surface area contributed by atoms with Gasteiger partial charge < -0.3 is 9.84 Å². The van der Waals surface area contributed by atoms with Crippen LogP contribution in [0.25, 0.3) is 0 Å². The first-order valence-corrected chi connectivity index (χ1v) is 3.60. The van der Waals surface area contributed by atoms with E-state index in [1.165, 1.54) is 0 Å². The third-order valence-electron chi connectivity index (χ3n) is 1.18. The second kappa shape index (κ2) is 5.51. The summed E-state index contributed by atoms with van der Waals surface area (Å²) < 4.78 is 16.8. The van der Waals surface area contributed by atoms with Gasteiger partial charge in [-0.2, -0.15) is 0 Å². The second-order valence-electron chi connectivity index (χ2n) is 2.15. The minimum absolute atomic E-state index is 0.193. The molecule has 12 heavy (non-hydrogen) atoms. The summed E-state index contributed by atoms with van der Waals surface area (Å²) in [6.45, 7) is 1.85. The van der Waals surface area contributed by atoms with Crippen molar-refractivity contribution in [3.05, 3.63) is 0 Å². The third-order valence-corrected chi connectivity index (χ3v) is 1.18. The normalized spacial score (nSPS) is 12.2. The topological polar surface area (TPSA) is 63.6 Å². The lowest BCUT2D eigenvalue weighted by molar-refractivity contribution is -0.145. The van der Waals surface area contributed by atoms with E-state index in [0.29, 0.717) is 0 Å². The highest BCUT2D eigenvalue weighted by Gasteiger charge is 2.17. The molecule has 1 atom stereocenters. The molecule has 70 valence electrons. The van der Waals surface area contributed by atoms with Crippen LogP contribution in [0.5, 0.6) is 0 Å².